The number of fused-ring (bicyclic) bond motifs is 1. The van der Waals surface area contributed by atoms with Gasteiger partial charge in [-0.15, -0.1) is 0 Å². The highest BCUT2D eigenvalue weighted by atomic mass is 32.2. The molecule has 0 bridgehead atoms. The molecule has 2 amide bonds. The molecule has 0 heterocycles. The fourth-order valence-corrected chi connectivity index (χ4v) is 5.75. The van der Waals surface area contributed by atoms with E-state index in [1.54, 1.807) is 24.3 Å². The van der Waals surface area contributed by atoms with Crippen molar-refractivity contribution in [3.63, 3.8) is 0 Å². The number of nitrogens with zero attached hydrogens (tertiary/aromatic N) is 2. The van der Waals surface area contributed by atoms with Gasteiger partial charge in [0.2, 0.25) is 5.78 Å². The largest absolute Gasteiger partial charge is 0.478 e. The zero-order chi connectivity index (χ0) is 38.6. The van der Waals surface area contributed by atoms with Crippen LogP contribution in [0.5, 0.6) is 0 Å². The van der Waals surface area contributed by atoms with E-state index >= 15 is 0 Å². The van der Waals surface area contributed by atoms with Gasteiger partial charge in [-0.1, -0.05) is 0 Å². The van der Waals surface area contributed by atoms with Gasteiger partial charge in [0.1, 0.15) is 10.5 Å². The van der Waals surface area contributed by atoms with Crippen molar-refractivity contribution in [2.24, 2.45) is 10.2 Å². The van der Waals surface area contributed by atoms with Gasteiger partial charge in [0, 0.05) is 33.8 Å². The number of hydrazone groups is 2. The van der Waals surface area contributed by atoms with Crippen LogP contribution in [0, 0.1) is 0 Å². The molecule has 0 unspecified atom stereocenters. The van der Waals surface area contributed by atoms with Gasteiger partial charge in [0.05, 0.1) is 17.1 Å². The first-order valence-electron chi connectivity index (χ1n) is 15.7. The monoisotopic (exact) mass is 745 g/mol. The van der Waals surface area contributed by atoms with Crippen LogP contribution in [0.25, 0.3) is 6.08 Å². The Morgan fingerprint density at radius 2 is 1.20 bits per heavy atom. The van der Waals surface area contributed by atoms with Gasteiger partial charge in [-0.05, 0) is 121 Å². The van der Waals surface area contributed by atoms with E-state index in [0.717, 1.165) is 18.2 Å². The Hall–Kier alpha value is -7.50. The Kier molecular flexibility index (Phi) is 10.1. The maximum atomic E-state index is 13.4. The lowest BCUT2D eigenvalue weighted by Crippen LogP contribution is -2.27. The SMILES string of the molecule is Nc1ccc(C(=O)Nc2ccc3c(c2)C=C(S(=O)(=O)O)C(=NNc2ccc(NC(=O)c4ccc(NN=C5C=CC(=O)C(C(=O)O)=C5)cc4)cc2)C3=O)cc1. The molecule has 0 atom stereocenters. The van der Waals surface area contributed by atoms with E-state index in [2.05, 4.69) is 31.7 Å². The number of hydrogen-bond donors (Lipinski definition) is 7. The summed E-state index contributed by atoms with van der Waals surface area (Å²) < 4.78 is 34.6. The number of nitrogens with one attached hydrogen (secondary N) is 4. The highest BCUT2D eigenvalue weighted by molar-refractivity contribution is 7.91. The van der Waals surface area contributed by atoms with E-state index in [1.807, 2.05) is 0 Å². The van der Waals surface area contributed by atoms with Gasteiger partial charge >= 0.3 is 5.97 Å². The molecule has 0 aliphatic heterocycles. The van der Waals surface area contributed by atoms with Crippen molar-refractivity contribution in [2.45, 2.75) is 0 Å². The zero-order valence-corrected chi connectivity index (χ0v) is 28.4. The van der Waals surface area contributed by atoms with Gasteiger partial charge in [-0.3, -0.25) is 34.6 Å². The van der Waals surface area contributed by atoms with Crippen LogP contribution in [0.3, 0.4) is 0 Å². The van der Waals surface area contributed by atoms with E-state index in [-0.39, 0.29) is 22.5 Å². The number of carbonyl (C=O) groups excluding carboxylic acids is 4. The lowest BCUT2D eigenvalue weighted by Gasteiger charge is -2.17. The van der Waals surface area contributed by atoms with Crippen molar-refractivity contribution in [3.05, 3.63) is 142 Å². The van der Waals surface area contributed by atoms with Crippen molar-refractivity contribution in [3.8, 4) is 0 Å². The summed E-state index contributed by atoms with van der Waals surface area (Å²) in [6, 6.07) is 22.7. The number of anilines is 5. The number of hydrogen-bond acceptors (Lipinski definition) is 12. The second-order valence-electron chi connectivity index (χ2n) is 11.6. The number of benzene rings is 4. The topological polar surface area (TPSA) is 259 Å². The molecule has 6 rings (SSSR count). The van der Waals surface area contributed by atoms with Gasteiger partial charge in [0.15, 0.2) is 11.5 Å². The molecule has 4 aromatic carbocycles. The lowest BCUT2D eigenvalue weighted by molar-refractivity contribution is -0.134. The van der Waals surface area contributed by atoms with Gasteiger partial charge in [0.25, 0.3) is 21.9 Å². The zero-order valence-electron chi connectivity index (χ0n) is 27.6. The van der Waals surface area contributed by atoms with Crippen LogP contribution in [0.15, 0.2) is 130 Å². The molecule has 2 aliphatic carbocycles. The lowest BCUT2D eigenvalue weighted by atomic mass is 9.94. The van der Waals surface area contributed by atoms with E-state index in [4.69, 9.17) is 10.8 Å². The van der Waals surface area contributed by atoms with Crippen LogP contribution >= 0.6 is 0 Å². The van der Waals surface area contributed by atoms with Crippen LogP contribution in [0.1, 0.15) is 36.6 Å². The average Bonchev–Trinajstić information content (AvgIpc) is 3.14. The Bertz CT molecular complexity index is 2500. The van der Waals surface area contributed by atoms with E-state index < -0.39 is 55.7 Å². The molecule has 0 saturated carbocycles. The number of allylic oxidation sites excluding steroid dienone is 4. The van der Waals surface area contributed by atoms with Gasteiger partial charge in [-0.2, -0.15) is 18.6 Å². The molecule has 54 heavy (non-hydrogen) atoms. The molecule has 270 valence electrons. The first-order chi connectivity index (χ1) is 25.7. The van der Waals surface area contributed by atoms with E-state index in [0.29, 0.717) is 33.9 Å². The number of rotatable bonds is 10. The van der Waals surface area contributed by atoms with E-state index in [1.165, 1.54) is 72.8 Å². The molecule has 8 N–H and O–H groups in total. The predicted molar refractivity (Wildman–Crippen MR) is 202 cm³/mol. The summed E-state index contributed by atoms with van der Waals surface area (Å²) in [7, 11) is -4.93. The summed E-state index contributed by atoms with van der Waals surface area (Å²) in [5.41, 5.74) is 13.0. The molecule has 17 heteroatoms. The van der Waals surface area contributed by atoms with Crippen LogP contribution in [0.4, 0.5) is 28.4 Å². The second kappa shape index (κ2) is 15.0. The smallest absolute Gasteiger partial charge is 0.339 e. The van der Waals surface area contributed by atoms with Gasteiger partial charge < -0.3 is 21.5 Å². The summed E-state index contributed by atoms with van der Waals surface area (Å²) in [5.74, 6) is -3.71. The molecule has 0 radical (unpaired) electrons. The summed E-state index contributed by atoms with van der Waals surface area (Å²) in [4.78, 5) is 60.9. The average molecular weight is 746 g/mol. The summed E-state index contributed by atoms with van der Waals surface area (Å²) in [5, 5.41) is 22.6. The third kappa shape index (κ3) is 8.34. The number of aliphatic carboxylic acids is 1. The van der Waals surface area contributed by atoms with Crippen molar-refractivity contribution < 1.29 is 42.0 Å². The summed E-state index contributed by atoms with van der Waals surface area (Å²) in [6.45, 7) is 0. The number of nitrogens with two attached hydrogens (primary N) is 1. The third-order valence-electron chi connectivity index (χ3n) is 7.83. The molecule has 0 spiro atoms. The number of amides is 2. The van der Waals surface area contributed by atoms with Crippen molar-refractivity contribution in [1.29, 1.82) is 0 Å². The number of ketones is 2. The number of nitrogen functional groups attached to an aromatic ring is 1. The van der Waals surface area contributed by atoms with Crippen molar-refractivity contribution in [1.82, 2.24) is 0 Å². The van der Waals surface area contributed by atoms with Crippen molar-refractivity contribution in [2.75, 3.05) is 27.2 Å². The normalized spacial score (nSPS) is 15.2. The number of carboxylic acids is 1. The molecular weight excluding hydrogens is 719 g/mol. The summed E-state index contributed by atoms with van der Waals surface area (Å²) >= 11 is 0. The first-order valence-corrected chi connectivity index (χ1v) is 17.1. The highest BCUT2D eigenvalue weighted by Crippen LogP contribution is 2.29. The Morgan fingerprint density at radius 3 is 1.81 bits per heavy atom. The summed E-state index contributed by atoms with van der Waals surface area (Å²) in [6.07, 6.45) is 4.68. The van der Waals surface area contributed by atoms with Gasteiger partial charge in [-0.25, -0.2) is 4.79 Å². The quantitative estimate of drug-likeness (QED) is 0.0387. The molecule has 4 aromatic rings. The minimum Gasteiger partial charge on any atom is -0.478 e. The Labute approximate surface area is 306 Å². The maximum Gasteiger partial charge on any atom is 0.339 e. The number of Topliss-reactive ketones (excluding diaryl/α,β-unsaturated/α-hetero) is 1. The van der Waals surface area contributed by atoms with Crippen LogP contribution in [0.2, 0.25) is 0 Å². The first kappa shape index (κ1) is 36.3. The minimum absolute atomic E-state index is 0.0779. The van der Waals surface area contributed by atoms with Crippen LogP contribution < -0.4 is 27.2 Å². The molecule has 0 aromatic heterocycles. The number of carboxylic acid groups (broad SMARTS) is 1. The molecule has 0 saturated heterocycles. The van der Waals surface area contributed by atoms with Crippen molar-refractivity contribution >= 4 is 85.4 Å². The standard InChI is InChI=1S/C37H27N7O9S/c38-23-5-1-20(2-6-23)36(48)40-27-13-15-29-22(17-27)18-32(54(51,52)53)33(34(29)46)44-42-26-11-9-24(10-12-26)39-35(47)21-3-7-25(8-4-21)41-43-28-14-16-31(45)30(19-28)37(49)50/h1-19,41-42H,38H2,(H,39,47)(H,40,48)(H,49,50)(H,51,52,53). The second-order valence-corrected chi connectivity index (χ2v) is 13.0. The maximum absolute atomic E-state index is 13.4. The molecule has 16 nitrogen and oxygen atoms in total. The Morgan fingerprint density at radius 1 is 0.667 bits per heavy atom. The van der Waals surface area contributed by atoms with Crippen LogP contribution in [-0.4, -0.2) is 58.9 Å². The highest BCUT2D eigenvalue weighted by Gasteiger charge is 2.33. The van der Waals surface area contributed by atoms with E-state index in [9.17, 15) is 36.9 Å². The molecule has 2 aliphatic rings. The minimum atomic E-state index is -4.93. The number of carbonyl (C=O) groups is 5. The molecular formula is C37H27N7O9S. The molecule has 0 fully saturated rings. The van der Waals surface area contributed by atoms with Crippen LogP contribution in [-0.2, 0) is 19.7 Å². The fraction of sp³-hybridized carbons (Fsp3) is 0. The predicted octanol–water partition coefficient (Wildman–Crippen LogP) is 4.58. The fourth-order valence-electron chi connectivity index (χ4n) is 5.09. The third-order valence-corrected chi connectivity index (χ3v) is 8.70. The Balaban J connectivity index is 1.10.